The fraction of sp³-hybridized carbons (Fsp3) is 0.667. The summed E-state index contributed by atoms with van der Waals surface area (Å²) in [5.74, 6) is -4.02. The van der Waals surface area contributed by atoms with Crippen LogP contribution in [0.25, 0.3) is 0 Å². The van der Waals surface area contributed by atoms with Crippen molar-refractivity contribution >= 4 is 11.7 Å². The predicted octanol–water partition coefficient (Wildman–Crippen LogP) is 0.945. The fourth-order valence-corrected chi connectivity index (χ4v) is 1.08. The minimum atomic E-state index is -2.65. The molecule has 0 saturated heterocycles. The molecule has 1 heterocycles. The molecule has 1 atom stereocenters. The summed E-state index contributed by atoms with van der Waals surface area (Å²) in [5.41, 5.74) is 0.194. The Hall–Kier alpha value is -1.00. The van der Waals surface area contributed by atoms with E-state index in [4.69, 9.17) is 0 Å². The van der Waals surface area contributed by atoms with Gasteiger partial charge in [-0.1, -0.05) is 5.16 Å². The number of nitrogens with zero attached hydrogens (tertiary/aromatic N) is 1. The standard InChI is InChI=1S/C6H5F2NO2/c7-6(8)2-3(6)4-1-5(10)11-9-4/h3H,1-2H2. The van der Waals surface area contributed by atoms with E-state index in [2.05, 4.69) is 9.99 Å². The van der Waals surface area contributed by atoms with E-state index in [-0.39, 0.29) is 18.6 Å². The van der Waals surface area contributed by atoms with Gasteiger partial charge >= 0.3 is 5.97 Å². The van der Waals surface area contributed by atoms with Gasteiger partial charge in [-0.3, -0.25) is 0 Å². The van der Waals surface area contributed by atoms with Gasteiger partial charge in [-0.25, -0.2) is 13.6 Å². The molecule has 0 N–H and O–H groups in total. The molecule has 0 aromatic rings. The summed E-state index contributed by atoms with van der Waals surface area (Å²) in [6.45, 7) is 0. The van der Waals surface area contributed by atoms with Crippen LogP contribution in [0.2, 0.25) is 0 Å². The molecule has 2 aliphatic rings. The van der Waals surface area contributed by atoms with Crippen molar-refractivity contribution in [1.82, 2.24) is 0 Å². The van der Waals surface area contributed by atoms with Gasteiger partial charge in [0.1, 0.15) is 0 Å². The second-order valence-corrected chi connectivity index (χ2v) is 2.74. The molecule has 3 nitrogen and oxygen atoms in total. The maximum atomic E-state index is 12.3. The van der Waals surface area contributed by atoms with Crippen LogP contribution in [0.4, 0.5) is 8.78 Å². The average Bonchev–Trinajstić information content (AvgIpc) is 2.39. The Morgan fingerprint density at radius 1 is 1.64 bits per heavy atom. The number of hydrogen-bond donors (Lipinski definition) is 0. The number of rotatable bonds is 1. The minimum Gasteiger partial charge on any atom is -0.318 e. The first kappa shape index (κ1) is 6.69. The van der Waals surface area contributed by atoms with Gasteiger partial charge in [-0.05, 0) is 0 Å². The lowest BCUT2D eigenvalue weighted by molar-refractivity contribution is -0.140. The van der Waals surface area contributed by atoms with Crippen LogP contribution in [0.3, 0.4) is 0 Å². The van der Waals surface area contributed by atoms with Crippen LogP contribution in [0.5, 0.6) is 0 Å². The van der Waals surface area contributed by atoms with E-state index >= 15 is 0 Å². The molecular formula is C6H5F2NO2. The highest BCUT2D eigenvalue weighted by molar-refractivity contribution is 6.04. The molecule has 1 fully saturated rings. The molecule has 1 aliphatic carbocycles. The SMILES string of the molecule is O=C1CC(C2CC2(F)F)=NO1. The summed E-state index contributed by atoms with van der Waals surface area (Å²) in [5, 5.41) is 3.26. The zero-order valence-electron chi connectivity index (χ0n) is 5.51. The average molecular weight is 161 g/mol. The Bertz CT molecular complexity index is 249. The van der Waals surface area contributed by atoms with Crippen LogP contribution >= 0.6 is 0 Å². The second kappa shape index (κ2) is 1.78. The van der Waals surface area contributed by atoms with Crippen LogP contribution in [0.1, 0.15) is 12.8 Å². The molecule has 0 spiro atoms. The lowest BCUT2D eigenvalue weighted by Crippen LogP contribution is -2.06. The van der Waals surface area contributed by atoms with Crippen molar-refractivity contribution in [3.05, 3.63) is 0 Å². The van der Waals surface area contributed by atoms with E-state index in [1.807, 2.05) is 0 Å². The highest BCUT2D eigenvalue weighted by Gasteiger charge is 2.60. The van der Waals surface area contributed by atoms with Gasteiger partial charge < -0.3 is 4.84 Å². The summed E-state index contributed by atoms with van der Waals surface area (Å²) < 4.78 is 24.7. The summed E-state index contributed by atoms with van der Waals surface area (Å²) in [4.78, 5) is 14.6. The largest absolute Gasteiger partial charge is 0.340 e. The highest BCUT2D eigenvalue weighted by Crippen LogP contribution is 2.50. The quantitative estimate of drug-likeness (QED) is 0.537. The number of hydrogen-bond acceptors (Lipinski definition) is 3. The number of alkyl halides is 2. The van der Waals surface area contributed by atoms with Crippen molar-refractivity contribution < 1.29 is 18.4 Å². The molecule has 1 unspecified atom stereocenters. The smallest absolute Gasteiger partial charge is 0.318 e. The van der Waals surface area contributed by atoms with Crippen molar-refractivity contribution in [2.45, 2.75) is 18.8 Å². The van der Waals surface area contributed by atoms with Gasteiger partial charge in [0.2, 0.25) is 0 Å². The molecule has 1 aliphatic heterocycles. The fourth-order valence-electron chi connectivity index (χ4n) is 1.08. The van der Waals surface area contributed by atoms with E-state index < -0.39 is 17.8 Å². The summed E-state index contributed by atoms with van der Waals surface area (Å²) in [6, 6.07) is 0. The van der Waals surface area contributed by atoms with Crippen LogP contribution in [-0.2, 0) is 9.63 Å². The zero-order chi connectivity index (χ0) is 8.06. The normalized spacial score (nSPS) is 33.1. The molecule has 0 aromatic heterocycles. The first-order valence-corrected chi connectivity index (χ1v) is 3.24. The van der Waals surface area contributed by atoms with Crippen LogP contribution in [0.15, 0.2) is 5.16 Å². The molecule has 0 aromatic carbocycles. The van der Waals surface area contributed by atoms with Crippen LogP contribution in [-0.4, -0.2) is 17.6 Å². The highest BCUT2D eigenvalue weighted by atomic mass is 19.3. The van der Waals surface area contributed by atoms with Gasteiger partial charge in [-0.2, -0.15) is 0 Å². The van der Waals surface area contributed by atoms with Crippen molar-refractivity contribution in [2.75, 3.05) is 0 Å². The van der Waals surface area contributed by atoms with Crippen molar-refractivity contribution in [3.8, 4) is 0 Å². The molecule has 60 valence electrons. The van der Waals surface area contributed by atoms with E-state index in [0.717, 1.165) is 0 Å². The molecular weight excluding hydrogens is 156 g/mol. The first-order valence-electron chi connectivity index (χ1n) is 3.24. The van der Waals surface area contributed by atoms with Crippen LogP contribution in [0, 0.1) is 5.92 Å². The molecule has 0 bridgehead atoms. The minimum absolute atomic E-state index is 0.0692. The van der Waals surface area contributed by atoms with E-state index in [9.17, 15) is 13.6 Å². The lowest BCUT2D eigenvalue weighted by Gasteiger charge is -1.91. The molecule has 0 radical (unpaired) electrons. The Labute approximate surface area is 61.0 Å². The third-order valence-corrected chi connectivity index (χ3v) is 1.82. The molecule has 5 heteroatoms. The number of carbonyl (C=O) groups is 1. The van der Waals surface area contributed by atoms with E-state index in [0.29, 0.717) is 0 Å². The van der Waals surface area contributed by atoms with Gasteiger partial charge in [-0.15, -0.1) is 0 Å². The number of halogens is 2. The number of oxime groups is 1. The molecule has 11 heavy (non-hydrogen) atoms. The van der Waals surface area contributed by atoms with Gasteiger partial charge in [0.05, 0.1) is 18.1 Å². The third-order valence-electron chi connectivity index (χ3n) is 1.82. The van der Waals surface area contributed by atoms with E-state index in [1.165, 1.54) is 0 Å². The van der Waals surface area contributed by atoms with E-state index in [1.54, 1.807) is 0 Å². The molecule has 2 rings (SSSR count). The number of carbonyl (C=O) groups excluding carboxylic acids is 1. The first-order chi connectivity index (χ1) is 5.09. The van der Waals surface area contributed by atoms with Crippen LogP contribution < -0.4 is 0 Å². The Balaban J connectivity index is 2.04. The zero-order valence-corrected chi connectivity index (χ0v) is 5.51. The monoisotopic (exact) mass is 161 g/mol. The summed E-state index contributed by atoms with van der Waals surface area (Å²) in [6.07, 6.45) is -0.261. The van der Waals surface area contributed by atoms with Crippen molar-refractivity contribution in [1.29, 1.82) is 0 Å². The summed E-state index contributed by atoms with van der Waals surface area (Å²) >= 11 is 0. The maximum absolute atomic E-state index is 12.3. The van der Waals surface area contributed by atoms with Gasteiger partial charge in [0.15, 0.2) is 0 Å². The topological polar surface area (TPSA) is 38.7 Å². The van der Waals surface area contributed by atoms with Crippen molar-refractivity contribution in [2.24, 2.45) is 11.1 Å². The maximum Gasteiger partial charge on any atom is 0.340 e. The Morgan fingerprint density at radius 3 is 2.64 bits per heavy atom. The van der Waals surface area contributed by atoms with Crippen molar-refractivity contribution in [3.63, 3.8) is 0 Å². The van der Waals surface area contributed by atoms with Gasteiger partial charge in [0, 0.05) is 6.42 Å². The van der Waals surface area contributed by atoms with Gasteiger partial charge in [0.25, 0.3) is 5.92 Å². The lowest BCUT2D eigenvalue weighted by atomic mass is 10.2. The molecule has 1 saturated carbocycles. The Kier molecular flexibility index (Phi) is 1.08. The summed E-state index contributed by atoms with van der Waals surface area (Å²) in [7, 11) is 0. The predicted molar refractivity (Wildman–Crippen MR) is 31.2 cm³/mol. The second-order valence-electron chi connectivity index (χ2n) is 2.74. The third kappa shape index (κ3) is 1.00. The molecule has 0 amide bonds. The Morgan fingerprint density at radius 2 is 2.27 bits per heavy atom.